The second kappa shape index (κ2) is 9.49. The van der Waals surface area contributed by atoms with Crippen LogP contribution in [-0.4, -0.2) is 25.6 Å². The summed E-state index contributed by atoms with van der Waals surface area (Å²) in [6.45, 7) is 4.66. The van der Waals surface area contributed by atoms with Gasteiger partial charge in [0.15, 0.2) is 6.61 Å². The minimum Gasteiger partial charge on any atom is -0.484 e. The lowest BCUT2D eigenvalue weighted by molar-refractivity contribution is -0.123. The first-order valence-electron chi connectivity index (χ1n) is 10.5. The highest BCUT2D eigenvalue weighted by molar-refractivity contribution is 5.77. The fourth-order valence-corrected chi connectivity index (χ4v) is 3.84. The van der Waals surface area contributed by atoms with Crippen molar-refractivity contribution in [1.29, 1.82) is 0 Å². The van der Waals surface area contributed by atoms with E-state index >= 15 is 0 Å². The molecule has 1 N–H and O–H groups in total. The van der Waals surface area contributed by atoms with Gasteiger partial charge < -0.3 is 15.0 Å². The van der Waals surface area contributed by atoms with Gasteiger partial charge in [-0.1, -0.05) is 48.5 Å². The summed E-state index contributed by atoms with van der Waals surface area (Å²) < 4.78 is 5.54. The molecule has 30 heavy (non-hydrogen) atoms. The molecule has 0 spiro atoms. The Bertz CT molecular complexity index is 998. The Labute approximate surface area is 178 Å². The summed E-state index contributed by atoms with van der Waals surface area (Å²) in [6.07, 6.45) is 1.90. The molecule has 154 valence electrons. The molecule has 3 aromatic rings. The molecule has 4 heteroatoms. The van der Waals surface area contributed by atoms with Gasteiger partial charge in [0.1, 0.15) is 5.75 Å². The van der Waals surface area contributed by atoms with E-state index in [1.54, 1.807) is 0 Å². The zero-order valence-corrected chi connectivity index (χ0v) is 17.4. The zero-order chi connectivity index (χ0) is 20.8. The highest BCUT2D eigenvalue weighted by Gasteiger charge is 2.15. The first-order valence-corrected chi connectivity index (χ1v) is 10.5. The summed E-state index contributed by atoms with van der Waals surface area (Å²) in [5.41, 5.74) is 6.47. The van der Waals surface area contributed by atoms with E-state index in [1.807, 2.05) is 31.2 Å². The highest BCUT2D eigenvalue weighted by Crippen LogP contribution is 2.24. The van der Waals surface area contributed by atoms with E-state index in [4.69, 9.17) is 4.74 Å². The van der Waals surface area contributed by atoms with Crippen LogP contribution in [0.2, 0.25) is 0 Å². The van der Waals surface area contributed by atoms with Crippen LogP contribution < -0.4 is 15.0 Å². The van der Waals surface area contributed by atoms with E-state index in [-0.39, 0.29) is 12.5 Å². The van der Waals surface area contributed by atoms with Gasteiger partial charge in [0.2, 0.25) is 0 Å². The lowest BCUT2D eigenvalue weighted by atomic mass is 9.99. The third-order valence-electron chi connectivity index (χ3n) is 5.53. The summed E-state index contributed by atoms with van der Waals surface area (Å²) in [4.78, 5) is 14.4. The SMILES string of the molecule is Cc1cccc(OCC(=O)NCCc2ccc(N3CCc4ccccc4C3)cc2)c1. The Morgan fingerprint density at radius 3 is 2.60 bits per heavy atom. The number of nitrogens with zero attached hydrogens (tertiary/aromatic N) is 1. The van der Waals surface area contributed by atoms with Crippen LogP contribution in [0.25, 0.3) is 0 Å². The third kappa shape index (κ3) is 5.20. The predicted molar refractivity (Wildman–Crippen MR) is 121 cm³/mol. The fraction of sp³-hybridized carbons (Fsp3) is 0.269. The highest BCUT2D eigenvalue weighted by atomic mass is 16.5. The van der Waals surface area contributed by atoms with Crippen molar-refractivity contribution < 1.29 is 9.53 Å². The maximum Gasteiger partial charge on any atom is 0.257 e. The number of carbonyl (C=O) groups is 1. The molecule has 0 bridgehead atoms. The number of hydrogen-bond donors (Lipinski definition) is 1. The van der Waals surface area contributed by atoms with Gasteiger partial charge in [-0.2, -0.15) is 0 Å². The normalized spacial score (nSPS) is 12.9. The molecule has 0 unspecified atom stereocenters. The number of ether oxygens (including phenoxy) is 1. The molecule has 3 aromatic carbocycles. The minimum atomic E-state index is -0.0971. The minimum absolute atomic E-state index is 0.0405. The van der Waals surface area contributed by atoms with Crippen LogP contribution in [0.3, 0.4) is 0 Å². The van der Waals surface area contributed by atoms with E-state index < -0.39 is 0 Å². The van der Waals surface area contributed by atoms with E-state index in [0.29, 0.717) is 6.54 Å². The molecule has 0 aliphatic carbocycles. The Balaban J connectivity index is 1.22. The molecule has 1 aliphatic rings. The van der Waals surface area contributed by atoms with Crippen LogP contribution >= 0.6 is 0 Å². The Hall–Kier alpha value is -3.27. The van der Waals surface area contributed by atoms with Crippen molar-refractivity contribution in [2.75, 3.05) is 24.6 Å². The molecule has 0 saturated heterocycles. The van der Waals surface area contributed by atoms with Crippen molar-refractivity contribution in [3.63, 3.8) is 0 Å². The van der Waals surface area contributed by atoms with Crippen molar-refractivity contribution in [3.8, 4) is 5.75 Å². The van der Waals surface area contributed by atoms with Crippen LogP contribution in [0, 0.1) is 6.92 Å². The van der Waals surface area contributed by atoms with Gasteiger partial charge in [-0.15, -0.1) is 0 Å². The van der Waals surface area contributed by atoms with Gasteiger partial charge >= 0.3 is 0 Å². The summed E-state index contributed by atoms with van der Waals surface area (Å²) in [6, 6.07) is 25.1. The smallest absolute Gasteiger partial charge is 0.257 e. The van der Waals surface area contributed by atoms with Gasteiger partial charge in [0.25, 0.3) is 5.91 Å². The van der Waals surface area contributed by atoms with Crippen LogP contribution in [0.5, 0.6) is 5.75 Å². The second-order valence-electron chi connectivity index (χ2n) is 7.81. The molecule has 1 amide bonds. The molecule has 0 saturated carbocycles. The maximum atomic E-state index is 12.0. The summed E-state index contributed by atoms with van der Waals surface area (Å²) in [7, 11) is 0. The van der Waals surface area contributed by atoms with E-state index in [2.05, 4.69) is 58.7 Å². The average Bonchev–Trinajstić information content (AvgIpc) is 2.78. The van der Waals surface area contributed by atoms with Gasteiger partial charge in [0.05, 0.1) is 0 Å². The molecule has 1 aliphatic heterocycles. The first-order chi connectivity index (χ1) is 14.7. The summed E-state index contributed by atoms with van der Waals surface area (Å²) >= 11 is 0. The molecule has 0 aromatic heterocycles. The molecular formula is C26H28N2O2. The number of nitrogens with one attached hydrogen (secondary N) is 1. The van der Waals surface area contributed by atoms with Gasteiger partial charge in [-0.25, -0.2) is 0 Å². The predicted octanol–water partition coefficient (Wildman–Crippen LogP) is 4.30. The number of rotatable bonds is 7. The number of aryl methyl sites for hydroxylation is 1. The molecular weight excluding hydrogens is 372 g/mol. The molecule has 0 fully saturated rings. The van der Waals surface area contributed by atoms with Crippen LogP contribution in [0.4, 0.5) is 5.69 Å². The third-order valence-corrected chi connectivity index (χ3v) is 5.53. The van der Waals surface area contributed by atoms with Crippen molar-refractivity contribution >= 4 is 11.6 Å². The van der Waals surface area contributed by atoms with E-state index in [9.17, 15) is 4.79 Å². The number of fused-ring (bicyclic) bond motifs is 1. The van der Waals surface area contributed by atoms with Crippen molar-refractivity contribution in [2.24, 2.45) is 0 Å². The van der Waals surface area contributed by atoms with E-state index in [0.717, 1.165) is 37.2 Å². The number of amides is 1. The van der Waals surface area contributed by atoms with Crippen molar-refractivity contribution in [1.82, 2.24) is 5.32 Å². The quantitative estimate of drug-likeness (QED) is 0.643. The molecule has 4 nitrogen and oxygen atoms in total. The summed E-state index contributed by atoms with van der Waals surface area (Å²) in [5.74, 6) is 0.626. The molecule has 4 rings (SSSR count). The Morgan fingerprint density at radius 2 is 1.80 bits per heavy atom. The lowest BCUT2D eigenvalue weighted by Gasteiger charge is -2.30. The Kier molecular flexibility index (Phi) is 6.33. The largest absolute Gasteiger partial charge is 0.484 e. The topological polar surface area (TPSA) is 41.6 Å². The van der Waals surface area contributed by atoms with E-state index in [1.165, 1.54) is 22.4 Å². The van der Waals surface area contributed by atoms with Crippen molar-refractivity contribution in [3.05, 3.63) is 95.1 Å². The number of hydrogen-bond acceptors (Lipinski definition) is 3. The lowest BCUT2D eigenvalue weighted by Crippen LogP contribution is -2.31. The van der Waals surface area contributed by atoms with Gasteiger partial charge in [-0.3, -0.25) is 4.79 Å². The number of carbonyl (C=O) groups excluding carboxylic acids is 1. The standard InChI is InChI=1S/C26H28N2O2/c1-20-5-4-8-25(17-20)30-19-26(29)27-15-13-21-9-11-24(12-10-21)28-16-14-22-6-2-3-7-23(22)18-28/h2-12,17H,13-16,18-19H2,1H3,(H,27,29). The summed E-state index contributed by atoms with van der Waals surface area (Å²) in [5, 5.41) is 2.93. The fourth-order valence-electron chi connectivity index (χ4n) is 3.84. The van der Waals surface area contributed by atoms with Gasteiger partial charge in [0, 0.05) is 25.3 Å². The Morgan fingerprint density at radius 1 is 1.00 bits per heavy atom. The number of benzene rings is 3. The monoisotopic (exact) mass is 400 g/mol. The van der Waals surface area contributed by atoms with Crippen LogP contribution in [0.1, 0.15) is 22.3 Å². The molecule has 0 atom stereocenters. The molecule has 0 radical (unpaired) electrons. The molecule has 1 heterocycles. The second-order valence-corrected chi connectivity index (χ2v) is 7.81. The van der Waals surface area contributed by atoms with Crippen LogP contribution in [-0.2, 0) is 24.2 Å². The average molecular weight is 401 g/mol. The van der Waals surface area contributed by atoms with Crippen LogP contribution in [0.15, 0.2) is 72.8 Å². The number of anilines is 1. The maximum absolute atomic E-state index is 12.0. The zero-order valence-electron chi connectivity index (χ0n) is 17.4. The van der Waals surface area contributed by atoms with Crippen molar-refractivity contribution in [2.45, 2.75) is 26.3 Å². The van der Waals surface area contributed by atoms with Gasteiger partial charge in [-0.05, 0) is 66.3 Å². The first kappa shape index (κ1) is 20.0.